The number of aliphatic carboxylic acids is 1. The van der Waals surface area contributed by atoms with Gasteiger partial charge in [-0.25, -0.2) is 24.1 Å². The van der Waals surface area contributed by atoms with Crippen LogP contribution in [0.15, 0.2) is 18.7 Å². The molecule has 172 valence electrons. The van der Waals surface area contributed by atoms with E-state index in [4.69, 9.17) is 14.6 Å². The normalized spacial score (nSPS) is 14.0. The Hall–Kier alpha value is -2.80. The quantitative estimate of drug-likeness (QED) is 0.529. The van der Waals surface area contributed by atoms with Crippen LogP contribution in [0.2, 0.25) is 0 Å². The molecule has 3 heterocycles. The zero-order chi connectivity index (χ0) is 23.0. The molecule has 0 aromatic carbocycles. The first kappa shape index (κ1) is 24.5. The van der Waals surface area contributed by atoms with Crippen LogP contribution in [0.4, 0.5) is 23.5 Å². The number of aromatic nitrogens is 4. The summed E-state index contributed by atoms with van der Waals surface area (Å²) in [5.41, 5.74) is 2.06. The number of anilines is 1. The fraction of sp³-hybridized carbons (Fsp3) is 0.556. The monoisotopic (exact) mass is 448 g/mol. The maximum Gasteiger partial charge on any atom is 0.490 e. The number of imidazole rings is 1. The number of nitrogens with zero attached hydrogens (tertiary/aromatic N) is 6. The molecule has 31 heavy (non-hydrogen) atoms. The number of ether oxygens (including phenoxy) is 1. The highest BCUT2D eigenvalue weighted by Gasteiger charge is 2.38. The highest BCUT2D eigenvalue weighted by Crippen LogP contribution is 2.20. The molecule has 2 aromatic heterocycles. The third-order valence-electron chi connectivity index (χ3n) is 4.25. The number of alkyl halides is 3. The van der Waals surface area contributed by atoms with Gasteiger partial charge >= 0.3 is 12.1 Å². The molecule has 1 aliphatic rings. The lowest BCUT2D eigenvalue weighted by molar-refractivity contribution is -0.192. The van der Waals surface area contributed by atoms with Crippen molar-refractivity contribution in [3.63, 3.8) is 0 Å². The van der Waals surface area contributed by atoms with Crippen molar-refractivity contribution >= 4 is 11.9 Å². The fourth-order valence-corrected chi connectivity index (χ4v) is 2.69. The standard InChI is InChI=1S/C16H23FN6O.C2HF3O2/c1-21(2)6-7-24-11-14-15-10-22(4-3-5-23(15)12-20-14)16-18-8-13(17)9-19-16;3-2(4,5)1(6)7/h8-9,12H,3-7,10-11H2,1-2H3;(H,6,7). The summed E-state index contributed by atoms with van der Waals surface area (Å²) >= 11 is 0. The molecule has 0 amide bonds. The topological polar surface area (TPSA) is 96.6 Å². The summed E-state index contributed by atoms with van der Waals surface area (Å²) in [7, 11) is 4.04. The SMILES string of the molecule is CN(C)CCOCc1ncn2c1CN(c1ncc(F)cn1)CCC2.O=C(O)C(F)(F)F. The maximum atomic E-state index is 13.0. The molecule has 0 spiro atoms. The molecule has 0 radical (unpaired) electrons. The minimum Gasteiger partial charge on any atom is -0.475 e. The maximum absolute atomic E-state index is 13.0. The Morgan fingerprint density at radius 3 is 2.45 bits per heavy atom. The van der Waals surface area contributed by atoms with Gasteiger partial charge in [0.05, 0.1) is 49.9 Å². The Morgan fingerprint density at radius 2 is 1.87 bits per heavy atom. The number of halogens is 4. The van der Waals surface area contributed by atoms with Crippen LogP contribution in [0.25, 0.3) is 0 Å². The molecule has 0 bridgehead atoms. The van der Waals surface area contributed by atoms with Crippen molar-refractivity contribution in [2.45, 2.75) is 32.3 Å². The van der Waals surface area contributed by atoms with Gasteiger partial charge in [-0.1, -0.05) is 0 Å². The number of aryl methyl sites for hydroxylation is 1. The average Bonchev–Trinajstić information content (AvgIpc) is 2.93. The van der Waals surface area contributed by atoms with Crippen LogP contribution in [0.3, 0.4) is 0 Å². The van der Waals surface area contributed by atoms with E-state index < -0.39 is 18.0 Å². The van der Waals surface area contributed by atoms with Crippen LogP contribution in [0, 0.1) is 5.82 Å². The fourth-order valence-electron chi connectivity index (χ4n) is 2.69. The van der Waals surface area contributed by atoms with Gasteiger partial charge in [-0.05, 0) is 20.5 Å². The zero-order valence-corrected chi connectivity index (χ0v) is 17.1. The van der Waals surface area contributed by atoms with Crippen molar-refractivity contribution < 1.29 is 32.2 Å². The molecule has 1 aliphatic heterocycles. The van der Waals surface area contributed by atoms with Gasteiger partial charge in [-0.2, -0.15) is 13.2 Å². The van der Waals surface area contributed by atoms with Crippen LogP contribution in [-0.2, 0) is 29.2 Å². The summed E-state index contributed by atoms with van der Waals surface area (Å²) in [6.07, 6.45) is 0.158. The molecule has 3 rings (SSSR count). The van der Waals surface area contributed by atoms with Gasteiger partial charge in [-0.15, -0.1) is 0 Å². The molecule has 13 heteroatoms. The van der Waals surface area contributed by atoms with E-state index in [1.165, 1.54) is 12.4 Å². The van der Waals surface area contributed by atoms with Crippen LogP contribution in [0.5, 0.6) is 0 Å². The van der Waals surface area contributed by atoms with E-state index >= 15 is 0 Å². The second-order valence-corrected chi connectivity index (χ2v) is 6.97. The molecule has 2 aromatic rings. The van der Waals surface area contributed by atoms with Gasteiger partial charge in [0, 0.05) is 19.6 Å². The van der Waals surface area contributed by atoms with E-state index in [0.29, 0.717) is 25.7 Å². The third-order valence-corrected chi connectivity index (χ3v) is 4.25. The molecule has 0 saturated carbocycles. The summed E-state index contributed by atoms with van der Waals surface area (Å²) in [5, 5.41) is 7.12. The predicted molar refractivity (Wildman–Crippen MR) is 102 cm³/mol. The minimum atomic E-state index is -5.08. The highest BCUT2D eigenvalue weighted by atomic mass is 19.4. The molecular formula is C18H24F4N6O3. The predicted octanol–water partition coefficient (Wildman–Crippen LogP) is 1.93. The van der Waals surface area contributed by atoms with E-state index in [0.717, 1.165) is 37.4 Å². The Kier molecular flexibility index (Phi) is 8.68. The summed E-state index contributed by atoms with van der Waals surface area (Å²) < 4.78 is 52.7. The number of hydrogen-bond donors (Lipinski definition) is 1. The molecular weight excluding hydrogens is 424 g/mol. The van der Waals surface area contributed by atoms with Crippen molar-refractivity contribution in [2.24, 2.45) is 0 Å². The number of carboxylic acids is 1. The molecule has 0 atom stereocenters. The highest BCUT2D eigenvalue weighted by molar-refractivity contribution is 5.73. The van der Waals surface area contributed by atoms with Gasteiger partial charge in [0.25, 0.3) is 0 Å². The summed E-state index contributed by atoms with van der Waals surface area (Å²) in [6, 6.07) is 0. The number of likely N-dealkylation sites (N-methyl/N-ethyl adjacent to an activating group) is 1. The van der Waals surface area contributed by atoms with Gasteiger partial charge in [0.15, 0.2) is 5.82 Å². The second-order valence-electron chi connectivity index (χ2n) is 6.97. The number of hydrogen-bond acceptors (Lipinski definition) is 7. The van der Waals surface area contributed by atoms with Crippen LogP contribution < -0.4 is 4.90 Å². The summed E-state index contributed by atoms with van der Waals surface area (Å²) in [6.45, 7) is 4.42. The largest absolute Gasteiger partial charge is 0.490 e. The van der Waals surface area contributed by atoms with Gasteiger partial charge in [-0.3, -0.25) is 0 Å². The zero-order valence-electron chi connectivity index (χ0n) is 17.1. The lowest BCUT2D eigenvalue weighted by atomic mass is 10.3. The van der Waals surface area contributed by atoms with E-state index in [2.05, 4.69) is 29.3 Å². The number of fused-ring (bicyclic) bond motifs is 1. The number of rotatable bonds is 6. The average molecular weight is 448 g/mol. The molecule has 0 fully saturated rings. The van der Waals surface area contributed by atoms with Gasteiger partial charge < -0.3 is 24.2 Å². The Labute approximate surface area is 176 Å². The van der Waals surface area contributed by atoms with Crippen molar-refractivity contribution in [3.8, 4) is 0 Å². The van der Waals surface area contributed by atoms with E-state index in [9.17, 15) is 17.6 Å². The summed E-state index contributed by atoms with van der Waals surface area (Å²) in [4.78, 5) is 25.7. The lowest BCUT2D eigenvalue weighted by Crippen LogP contribution is -2.25. The van der Waals surface area contributed by atoms with Crippen molar-refractivity contribution in [1.82, 2.24) is 24.4 Å². The van der Waals surface area contributed by atoms with Crippen LogP contribution >= 0.6 is 0 Å². The van der Waals surface area contributed by atoms with Crippen molar-refractivity contribution in [3.05, 3.63) is 35.9 Å². The first-order chi connectivity index (χ1) is 14.6. The molecule has 9 nitrogen and oxygen atoms in total. The molecule has 0 unspecified atom stereocenters. The number of carboxylic acid groups (broad SMARTS) is 1. The minimum absolute atomic E-state index is 0.423. The smallest absolute Gasteiger partial charge is 0.475 e. The van der Waals surface area contributed by atoms with Crippen molar-refractivity contribution in [2.75, 3.05) is 38.7 Å². The second kappa shape index (κ2) is 11.0. The molecule has 1 N–H and O–H groups in total. The Bertz CT molecular complexity index is 842. The van der Waals surface area contributed by atoms with Crippen molar-refractivity contribution in [1.29, 1.82) is 0 Å². The van der Waals surface area contributed by atoms with E-state index in [-0.39, 0.29) is 0 Å². The first-order valence-electron chi connectivity index (χ1n) is 9.36. The first-order valence-corrected chi connectivity index (χ1v) is 9.36. The number of carbonyl (C=O) groups is 1. The Morgan fingerprint density at radius 1 is 1.23 bits per heavy atom. The van der Waals surface area contributed by atoms with Crippen LogP contribution in [0.1, 0.15) is 17.8 Å². The summed E-state index contributed by atoms with van der Waals surface area (Å²) in [5.74, 6) is -2.63. The van der Waals surface area contributed by atoms with Gasteiger partial charge in [0.2, 0.25) is 5.95 Å². The van der Waals surface area contributed by atoms with E-state index in [1.807, 2.05) is 20.4 Å². The Balaban J connectivity index is 0.000000423. The van der Waals surface area contributed by atoms with Gasteiger partial charge in [0.1, 0.15) is 0 Å². The third kappa shape index (κ3) is 7.75. The lowest BCUT2D eigenvalue weighted by Gasteiger charge is -2.20. The molecule has 0 saturated heterocycles. The van der Waals surface area contributed by atoms with Crippen LogP contribution in [-0.4, -0.2) is 75.5 Å². The van der Waals surface area contributed by atoms with E-state index in [1.54, 1.807) is 0 Å². The molecule has 0 aliphatic carbocycles.